The molecule has 2 aromatic rings. The number of benzene rings is 1. The molecule has 0 unspecified atom stereocenters. The molecule has 0 aliphatic heterocycles. The van der Waals surface area contributed by atoms with Crippen LogP contribution in [0, 0.1) is 20.8 Å². The molecule has 0 saturated heterocycles. The van der Waals surface area contributed by atoms with Crippen LogP contribution >= 0.6 is 0 Å². The van der Waals surface area contributed by atoms with E-state index in [0.717, 1.165) is 5.82 Å². The van der Waals surface area contributed by atoms with Crippen LogP contribution in [0.4, 0.5) is 11.5 Å². The highest BCUT2D eigenvalue weighted by Gasteiger charge is 2.09. The average molecular weight is 256 g/mol. The van der Waals surface area contributed by atoms with Crippen molar-refractivity contribution in [2.24, 2.45) is 0 Å². The molecule has 2 N–H and O–H groups in total. The minimum Gasteiger partial charge on any atom is -0.384 e. The zero-order valence-corrected chi connectivity index (χ0v) is 11.9. The van der Waals surface area contributed by atoms with Crippen LogP contribution in [0.5, 0.6) is 0 Å². The molecule has 0 amide bonds. The Hall–Kier alpha value is -2.10. The quantitative estimate of drug-likeness (QED) is 0.917. The van der Waals surface area contributed by atoms with Crippen molar-refractivity contribution in [1.29, 1.82) is 0 Å². The van der Waals surface area contributed by atoms with Crippen LogP contribution in [0.25, 0.3) is 0 Å². The maximum absolute atomic E-state index is 5.68. The number of hydrogen-bond donors (Lipinski definition) is 1. The van der Waals surface area contributed by atoms with Gasteiger partial charge >= 0.3 is 0 Å². The van der Waals surface area contributed by atoms with Gasteiger partial charge in [-0.05, 0) is 49.6 Å². The van der Waals surface area contributed by atoms with Gasteiger partial charge in [0.2, 0.25) is 0 Å². The Morgan fingerprint density at radius 3 is 2.47 bits per heavy atom. The van der Waals surface area contributed by atoms with Gasteiger partial charge in [-0.3, -0.25) is 0 Å². The number of aromatic nitrogens is 2. The Bertz CT molecular complexity index is 593. The number of nitrogens with two attached hydrogens (primary N) is 1. The van der Waals surface area contributed by atoms with E-state index in [1.165, 1.54) is 22.4 Å². The standard InChI is InChI=1S/C15H20N4/c1-10-7-12(3)13(8-11(10)2)19(4)9-15-17-6-5-14(16)18-15/h5-8H,9H2,1-4H3,(H2,16,17,18). The number of rotatable bonds is 3. The van der Waals surface area contributed by atoms with Gasteiger partial charge in [0.15, 0.2) is 0 Å². The topological polar surface area (TPSA) is 55.0 Å². The molecule has 1 heterocycles. The van der Waals surface area contributed by atoms with E-state index in [1.807, 2.05) is 7.05 Å². The molecule has 0 radical (unpaired) electrons. The van der Waals surface area contributed by atoms with E-state index in [2.05, 4.69) is 47.8 Å². The maximum Gasteiger partial charge on any atom is 0.149 e. The Balaban J connectivity index is 2.25. The van der Waals surface area contributed by atoms with E-state index < -0.39 is 0 Å². The predicted molar refractivity (Wildman–Crippen MR) is 79.2 cm³/mol. The van der Waals surface area contributed by atoms with Crippen molar-refractivity contribution in [1.82, 2.24) is 9.97 Å². The number of nitrogens with zero attached hydrogens (tertiary/aromatic N) is 3. The van der Waals surface area contributed by atoms with Crippen LogP contribution < -0.4 is 10.6 Å². The van der Waals surface area contributed by atoms with Gasteiger partial charge in [0.1, 0.15) is 11.6 Å². The number of hydrogen-bond acceptors (Lipinski definition) is 4. The molecule has 19 heavy (non-hydrogen) atoms. The lowest BCUT2D eigenvalue weighted by atomic mass is 10.0. The molecule has 100 valence electrons. The first-order valence-corrected chi connectivity index (χ1v) is 6.34. The molecular weight excluding hydrogens is 236 g/mol. The summed E-state index contributed by atoms with van der Waals surface area (Å²) in [5, 5.41) is 0. The molecule has 0 bridgehead atoms. The zero-order chi connectivity index (χ0) is 14.0. The zero-order valence-electron chi connectivity index (χ0n) is 11.9. The van der Waals surface area contributed by atoms with Crippen molar-refractivity contribution in [2.45, 2.75) is 27.3 Å². The Labute approximate surface area is 114 Å². The largest absolute Gasteiger partial charge is 0.384 e. The molecule has 0 spiro atoms. The molecule has 0 atom stereocenters. The Kier molecular flexibility index (Phi) is 3.69. The first kappa shape index (κ1) is 13.3. The van der Waals surface area contributed by atoms with E-state index in [4.69, 9.17) is 5.73 Å². The summed E-state index contributed by atoms with van der Waals surface area (Å²) in [6.07, 6.45) is 1.69. The van der Waals surface area contributed by atoms with Crippen LogP contribution in [0.15, 0.2) is 24.4 Å². The fourth-order valence-electron chi connectivity index (χ4n) is 2.14. The van der Waals surface area contributed by atoms with Crippen LogP contribution in [-0.2, 0) is 6.54 Å². The lowest BCUT2D eigenvalue weighted by Gasteiger charge is -2.22. The van der Waals surface area contributed by atoms with E-state index in [9.17, 15) is 0 Å². The third-order valence-corrected chi connectivity index (χ3v) is 3.33. The third kappa shape index (κ3) is 3.02. The fraction of sp³-hybridized carbons (Fsp3) is 0.333. The summed E-state index contributed by atoms with van der Waals surface area (Å²) < 4.78 is 0. The summed E-state index contributed by atoms with van der Waals surface area (Å²) in [4.78, 5) is 10.6. The smallest absolute Gasteiger partial charge is 0.149 e. The summed E-state index contributed by atoms with van der Waals surface area (Å²) in [6, 6.07) is 6.11. The molecular formula is C15H20N4. The summed E-state index contributed by atoms with van der Waals surface area (Å²) in [5.41, 5.74) is 10.7. The SMILES string of the molecule is Cc1cc(C)c(N(C)Cc2nccc(N)n2)cc1C. The van der Waals surface area contributed by atoms with Gasteiger partial charge in [0, 0.05) is 18.9 Å². The molecule has 0 aliphatic carbocycles. The molecule has 0 saturated carbocycles. The summed E-state index contributed by atoms with van der Waals surface area (Å²) in [5.74, 6) is 1.25. The van der Waals surface area contributed by atoms with Gasteiger partial charge in [-0.25, -0.2) is 9.97 Å². The van der Waals surface area contributed by atoms with Gasteiger partial charge in [-0.1, -0.05) is 6.07 Å². The number of anilines is 2. The summed E-state index contributed by atoms with van der Waals surface area (Å²) in [7, 11) is 2.05. The second-order valence-electron chi connectivity index (χ2n) is 4.98. The van der Waals surface area contributed by atoms with Gasteiger partial charge in [-0.15, -0.1) is 0 Å². The minimum atomic E-state index is 0.509. The molecule has 1 aromatic carbocycles. The van der Waals surface area contributed by atoms with Crippen LogP contribution in [-0.4, -0.2) is 17.0 Å². The van der Waals surface area contributed by atoms with Crippen molar-refractivity contribution in [3.63, 3.8) is 0 Å². The maximum atomic E-state index is 5.68. The highest BCUT2D eigenvalue weighted by Crippen LogP contribution is 2.24. The molecule has 4 nitrogen and oxygen atoms in total. The minimum absolute atomic E-state index is 0.509. The van der Waals surface area contributed by atoms with Crippen LogP contribution in [0.3, 0.4) is 0 Å². The normalized spacial score (nSPS) is 10.5. The lowest BCUT2D eigenvalue weighted by Crippen LogP contribution is -2.19. The van der Waals surface area contributed by atoms with Crippen LogP contribution in [0.2, 0.25) is 0 Å². The van der Waals surface area contributed by atoms with Crippen molar-refractivity contribution in [2.75, 3.05) is 17.7 Å². The lowest BCUT2D eigenvalue weighted by molar-refractivity contribution is 0.836. The number of aryl methyl sites for hydroxylation is 3. The average Bonchev–Trinajstić information content (AvgIpc) is 2.33. The molecule has 1 aromatic heterocycles. The molecule has 4 heteroatoms. The number of nitrogen functional groups attached to an aromatic ring is 1. The van der Waals surface area contributed by atoms with Gasteiger partial charge in [0.05, 0.1) is 6.54 Å². The predicted octanol–water partition coefficient (Wildman–Crippen LogP) is 2.62. The van der Waals surface area contributed by atoms with E-state index in [1.54, 1.807) is 12.3 Å². The molecule has 2 rings (SSSR count). The van der Waals surface area contributed by atoms with Crippen molar-refractivity contribution in [3.8, 4) is 0 Å². The molecule has 0 aliphatic rings. The fourth-order valence-corrected chi connectivity index (χ4v) is 2.14. The highest BCUT2D eigenvalue weighted by molar-refractivity contribution is 5.56. The van der Waals surface area contributed by atoms with Gasteiger partial charge in [0.25, 0.3) is 0 Å². The first-order chi connectivity index (χ1) is 8.97. The van der Waals surface area contributed by atoms with E-state index in [0.29, 0.717) is 12.4 Å². The van der Waals surface area contributed by atoms with Crippen molar-refractivity contribution < 1.29 is 0 Å². The van der Waals surface area contributed by atoms with E-state index >= 15 is 0 Å². The van der Waals surface area contributed by atoms with Gasteiger partial charge in [-0.2, -0.15) is 0 Å². The van der Waals surface area contributed by atoms with Crippen molar-refractivity contribution >= 4 is 11.5 Å². The highest BCUT2D eigenvalue weighted by atomic mass is 15.1. The first-order valence-electron chi connectivity index (χ1n) is 6.34. The third-order valence-electron chi connectivity index (χ3n) is 3.33. The Morgan fingerprint density at radius 2 is 1.79 bits per heavy atom. The second kappa shape index (κ2) is 5.26. The van der Waals surface area contributed by atoms with Crippen LogP contribution in [0.1, 0.15) is 22.5 Å². The second-order valence-corrected chi connectivity index (χ2v) is 4.98. The summed E-state index contributed by atoms with van der Waals surface area (Å²) >= 11 is 0. The molecule has 0 fully saturated rings. The summed E-state index contributed by atoms with van der Waals surface area (Å²) in [6.45, 7) is 7.03. The monoisotopic (exact) mass is 256 g/mol. The van der Waals surface area contributed by atoms with Crippen molar-refractivity contribution in [3.05, 3.63) is 46.9 Å². The van der Waals surface area contributed by atoms with Gasteiger partial charge < -0.3 is 10.6 Å². The Morgan fingerprint density at radius 1 is 1.11 bits per heavy atom. The van der Waals surface area contributed by atoms with E-state index in [-0.39, 0.29) is 0 Å².